The number of ether oxygens (including phenoxy) is 3. The zero-order valence-electron chi connectivity index (χ0n) is 16.9. The molecular weight excluding hydrogens is 419 g/mol. The molecule has 0 spiro atoms. The van der Waals surface area contributed by atoms with Crippen LogP contribution >= 0.6 is 0 Å². The van der Waals surface area contributed by atoms with Crippen LogP contribution in [0.5, 0.6) is 17.2 Å². The summed E-state index contributed by atoms with van der Waals surface area (Å²) in [6, 6.07) is 7.75. The van der Waals surface area contributed by atoms with E-state index in [1.165, 1.54) is 26.4 Å². The van der Waals surface area contributed by atoms with E-state index >= 15 is 0 Å². The van der Waals surface area contributed by atoms with Crippen molar-refractivity contribution in [1.29, 1.82) is 0 Å². The van der Waals surface area contributed by atoms with Gasteiger partial charge in [0.05, 0.1) is 26.4 Å². The number of alkyl halides is 3. The highest BCUT2D eigenvalue weighted by Gasteiger charge is 2.30. The lowest BCUT2D eigenvalue weighted by Gasteiger charge is -2.14. The summed E-state index contributed by atoms with van der Waals surface area (Å²) < 4.78 is 60.9. The van der Waals surface area contributed by atoms with Crippen molar-refractivity contribution in [2.24, 2.45) is 0 Å². The largest absolute Gasteiger partial charge is 0.493 e. The van der Waals surface area contributed by atoms with Crippen molar-refractivity contribution in [1.82, 2.24) is 9.78 Å². The topological polar surface area (TPSA) is 87.8 Å². The molecule has 0 fully saturated rings. The quantitative estimate of drug-likeness (QED) is 0.568. The van der Waals surface area contributed by atoms with E-state index in [2.05, 4.69) is 10.4 Å². The standard InChI is InChI=1S/C20H20F3N3O5/c1-4-30-17-15(28-2)8-12(9-16(17)29-3)18-25-26(19(27)31-18)11-24-14-7-5-6-13(10-14)20(21,22)23/h5-10,24H,4,11H2,1-3H3. The van der Waals surface area contributed by atoms with Gasteiger partial charge in [0, 0.05) is 11.3 Å². The lowest BCUT2D eigenvalue weighted by atomic mass is 10.2. The highest BCUT2D eigenvalue weighted by Crippen LogP contribution is 2.41. The molecule has 1 heterocycles. The fraction of sp³-hybridized carbons (Fsp3) is 0.300. The minimum absolute atomic E-state index is 0.0181. The van der Waals surface area contributed by atoms with E-state index in [1.54, 1.807) is 12.1 Å². The normalized spacial score (nSPS) is 11.3. The van der Waals surface area contributed by atoms with Crippen molar-refractivity contribution in [3.05, 3.63) is 52.5 Å². The third-order valence-electron chi connectivity index (χ3n) is 4.23. The van der Waals surface area contributed by atoms with Gasteiger partial charge in [0.1, 0.15) is 6.67 Å². The van der Waals surface area contributed by atoms with Gasteiger partial charge in [0.15, 0.2) is 11.5 Å². The van der Waals surface area contributed by atoms with Gasteiger partial charge >= 0.3 is 11.9 Å². The van der Waals surface area contributed by atoms with Crippen LogP contribution in [0.2, 0.25) is 0 Å². The summed E-state index contributed by atoms with van der Waals surface area (Å²) in [6.45, 7) is 2.00. The van der Waals surface area contributed by atoms with Crippen molar-refractivity contribution < 1.29 is 31.8 Å². The molecule has 2 aromatic carbocycles. The minimum atomic E-state index is -4.47. The highest BCUT2D eigenvalue weighted by molar-refractivity contribution is 5.65. The Labute approximate surface area is 175 Å². The number of methoxy groups -OCH3 is 2. The molecule has 0 atom stereocenters. The zero-order valence-corrected chi connectivity index (χ0v) is 16.9. The van der Waals surface area contributed by atoms with Gasteiger partial charge in [-0.25, -0.2) is 4.79 Å². The van der Waals surface area contributed by atoms with Gasteiger partial charge in [-0.1, -0.05) is 6.07 Å². The maximum absolute atomic E-state index is 12.8. The SMILES string of the molecule is CCOc1c(OC)cc(-c2nn(CNc3cccc(C(F)(F)F)c3)c(=O)o2)cc1OC. The number of aromatic nitrogens is 2. The molecular formula is C20H20F3N3O5. The number of nitrogens with one attached hydrogen (secondary N) is 1. The maximum atomic E-state index is 12.8. The Morgan fingerprint density at radius 2 is 1.81 bits per heavy atom. The molecule has 0 aliphatic rings. The predicted octanol–water partition coefficient (Wildman–Crippen LogP) is 4.01. The first-order chi connectivity index (χ1) is 14.8. The average Bonchev–Trinajstić information content (AvgIpc) is 3.12. The summed E-state index contributed by atoms with van der Waals surface area (Å²) in [7, 11) is 2.91. The lowest BCUT2D eigenvalue weighted by molar-refractivity contribution is -0.137. The second-order valence-corrected chi connectivity index (χ2v) is 6.23. The number of nitrogens with zero attached hydrogens (tertiary/aromatic N) is 2. The Hall–Kier alpha value is -3.63. The van der Waals surface area contributed by atoms with E-state index in [1.807, 2.05) is 6.92 Å². The highest BCUT2D eigenvalue weighted by atomic mass is 19.4. The molecule has 0 saturated heterocycles. The van der Waals surface area contributed by atoms with Crippen LogP contribution in [0.3, 0.4) is 0 Å². The molecule has 31 heavy (non-hydrogen) atoms. The molecule has 0 aliphatic carbocycles. The first-order valence-electron chi connectivity index (χ1n) is 9.15. The molecule has 3 aromatic rings. The molecule has 0 radical (unpaired) electrons. The van der Waals surface area contributed by atoms with Crippen LogP contribution in [0, 0.1) is 0 Å². The van der Waals surface area contributed by atoms with Crippen LogP contribution < -0.4 is 25.3 Å². The molecule has 11 heteroatoms. The number of anilines is 1. The third-order valence-corrected chi connectivity index (χ3v) is 4.23. The van der Waals surface area contributed by atoms with Gasteiger partial charge < -0.3 is 23.9 Å². The second kappa shape index (κ2) is 9.02. The van der Waals surface area contributed by atoms with Crippen molar-refractivity contribution in [2.45, 2.75) is 19.8 Å². The predicted molar refractivity (Wildman–Crippen MR) is 106 cm³/mol. The monoisotopic (exact) mass is 439 g/mol. The molecule has 8 nitrogen and oxygen atoms in total. The van der Waals surface area contributed by atoms with Gasteiger partial charge in [-0.3, -0.25) is 0 Å². The molecule has 0 saturated carbocycles. The number of hydrogen-bond donors (Lipinski definition) is 1. The van der Waals surface area contributed by atoms with Crippen LogP contribution in [0.1, 0.15) is 12.5 Å². The maximum Gasteiger partial charge on any atom is 0.439 e. The Morgan fingerprint density at radius 3 is 2.39 bits per heavy atom. The molecule has 166 valence electrons. The first kappa shape index (κ1) is 22.1. The van der Waals surface area contributed by atoms with E-state index in [0.717, 1.165) is 16.8 Å². The summed E-state index contributed by atoms with van der Waals surface area (Å²) in [5.74, 6) is 0.298. The Kier molecular flexibility index (Phi) is 6.42. The summed E-state index contributed by atoms with van der Waals surface area (Å²) >= 11 is 0. The van der Waals surface area contributed by atoms with Gasteiger partial charge in [0.2, 0.25) is 11.6 Å². The first-order valence-corrected chi connectivity index (χ1v) is 9.15. The molecule has 0 aliphatic heterocycles. The second-order valence-electron chi connectivity index (χ2n) is 6.23. The van der Waals surface area contributed by atoms with Crippen molar-refractivity contribution >= 4 is 5.69 Å². The number of halogens is 3. The Bertz CT molecular complexity index is 1080. The fourth-order valence-electron chi connectivity index (χ4n) is 2.78. The van der Waals surface area contributed by atoms with Gasteiger partial charge in [0.25, 0.3) is 0 Å². The Morgan fingerprint density at radius 1 is 1.13 bits per heavy atom. The fourth-order valence-corrected chi connectivity index (χ4v) is 2.78. The van der Waals surface area contributed by atoms with E-state index in [-0.39, 0.29) is 18.2 Å². The van der Waals surface area contributed by atoms with Crippen LogP contribution in [-0.2, 0) is 12.8 Å². The molecule has 0 bridgehead atoms. The molecule has 0 unspecified atom stereocenters. The van der Waals surface area contributed by atoms with E-state index in [4.69, 9.17) is 18.6 Å². The third kappa shape index (κ3) is 4.93. The molecule has 1 aromatic heterocycles. The average molecular weight is 439 g/mol. The van der Waals surface area contributed by atoms with Crippen molar-refractivity contribution in [3.8, 4) is 28.7 Å². The minimum Gasteiger partial charge on any atom is -0.493 e. The Balaban J connectivity index is 1.85. The van der Waals surface area contributed by atoms with E-state index < -0.39 is 17.5 Å². The summed E-state index contributed by atoms with van der Waals surface area (Å²) in [4.78, 5) is 12.2. The van der Waals surface area contributed by atoms with Crippen molar-refractivity contribution in [3.63, 3.8) is 0 Å². The summed E-state index contributed by atoms with van der Waals surface area (Å²) in [6.07, 6.45) is -4.47. The van der Waals surface area contributed by atoms with Crippen LogP contribution in [0.4, 0.5) is 18.9 Å². The molecule has 3 rings (SSSR count). The zero-order chi connectivity index (χ0) is 22.6. The lowest BCUT2D eigenvalue weighted by Crippen LogP contribution is -2.20. The molecule has 0 amide bonds. The van der Waals surface area contributed by atoms with Gasteiger partial charge in [-0.15, -0.1) is 5.10 Å². The smallest absolute Gasteiger partial charge is 0.439 e. The number of hydrogen-bond acceptors (Lipinski definition) is 7. The van der Waals surface area contributed by atoms with Gasteiger partial charge in [-0.2, -0.15) is 17.9 Å². The summed E-state index contributed by atoms with van der Waals surface area (Å²) in [5, 5.41) is 6.81. The van der Waals surface area contributed by atoms with E-state index in [0.29, 0.717) is 29.4 Å². The van der Waals surface area contributed by atoms with Crippen LogP contribution in [0.15, 0.2) is 45.6 Å². The number of rotatable bonds is 8. The van der Waals surface area contributed by atoms with Crippen molar-refractivity contribution in [2.75, 3.05) is 26.1 Å². The van der Waals surface area contributed by atoms with Crippen LogP contribution in [0.25, 0.3) is 11.5 Å². The molecule has 1 N–H and O–H groups in total. The van der Waals surface area contributed by atoms with Gasteiger partial charge in [-0.05, 0) is 37.3 Å². The number of benzene rings is 2. The summed E-state index contributed by atoms with van der Waals surface area (Å²) in [5.41, 5.74) is -0.234. The van der Waals surface area contributed by atoms with E-state index in [9.17, 15) is 18.0 Å². The van der Waals surface area contributed by atoms with Crippen LogP contribution in [-0.4, -0.2) is 30.6 Å².